The predicted molar refractivity (Wildman–Crippen MR) is 110 cm³/mol. The molecule has 1 aliphatic heterocycles. The molecule has 3 aromatic rings. The second-order valence-electron chi connectivity index (χ2n) is 6.28. The lowest BCUT2D eigenvalue weighted by atomic mass is 10.2. The summed E-state index contributed by atoms with van der Waals surface area (Å²) in [5.74, 6) is -1.47. The highest BCUT2D eigenvalue weighted by Gasteiger charge is 2.25. The zero-order valence-corrected chi connectivity index (χ0v) is 16.1. The first-order chi connectivity index (χ1) is 14.5. The van der Waals surface area contributed by atoms with E-state index in [1.54, 1.807) is 54.6 Å². The second-order valence-corrected chi connectivity index (χ2v) is 6.72. The average Bonchev–Trinajstić information content (AvgIpc) is 3.10. The molecule has 0 spiro atoms. The smallest absolute Gasteiger partial charge is 0.363 e. The topological polar surface area (TPSA) is 65.0 Å². The SMILES string of the molecule is O=C1OC(c2ccccc2F)=N/C1=C\c1ccc(OC(=O)c2ccc(Cl)cc2)cc1. The summed E-state index contributed by atoms with van der Waals surface area (Å²) < 4.78 is 24.3. The maximum atomic E-state index is 13.9. The van der Waals surface area contributed by atoms with Gasteiger partial charge >= 0.3 is 11.9 Å². The van der Waals surface area contributed by atoms with Crippen molar-refractivity contribution >= 4 is 35.5 Å². The van der Waals surface area contributed by atoms with E-state index in [4.69, 9.17) is 21.1 Å². The summed E-state index contributed by atoms with van der Waals surface area (Å²) in [4.78, 5) is 28.3. The Morgan fingerprint density at radius 1 is 1.00 bits per heavy atom. The number of aliphatic imine (C=N–C) groups is 1. The van der Waals surface area contributed by atoms with Crippen LogP contribution < -0.4 is 4.74 Å². The third-order valence-corrected chi connectivity index (χ3v) is 4.45. The van der Waals surface area contributed by atoms with Crippen molar-refractivity contribution < 1.29 is 23.5 Å². The van der Waals surface area contributed by atoms with E-state index in [0.29, 0.717) is 21.9 Å². The number of hydrogen-bond acceptors (Lipinski definition) is 5. The van der Waals surface area contributed by atoms with E-state index in [0.717, 1.165) is 0 Å². The van der Waals surface area contributed by atoms with Crippen molar-refractivity contribution in [2.24, 2.45) is 4.99 Å². The molecular weight excluding hydrogens is 409 g/mol. The Morgan fingerprint density at radius 2 is 1.70 bits per heavy atom. The van der Waals surface area contributed by atoms with E-state index in [9.17, 15) is 14.0 Å². The average molecular weight is 422 g/mol. The number of rotatable bonds is 4. The van der Waals surface area contributed by atoms with Gasteiger partial charge in [0, 0.05) is 5.02 Å². The van der Waals surface area contributed by atoms with Gasteiger partial charge in [-0.05, 0) is 60.2 Å². The number of carbonyl (C=O) groups excluding carboxylic acids is 2. The zero-order chi connectivity index (χ0) is 21.1. The van der Waals surface area contributed by atoms with Crippen LogP contribution in [0.25, 0.3) is 6.08 Å². The third-order valence-electron chi connectivity index (χ3n) is 4.20. The van der Waals surface area contributed by atoms with Gasteiger partial charge in [0.2, 0.25) is 5.90 Å². The van der Waals surface area contributed by atoms with Crippen molar-refractivity contribution in [3.63, 3.8) is 0 Å². The maximum Gasteiger partial charge on any atom is 0.363 e. The van der Waals surface area contributed by atoms with Gasteiger partial charge in [-0.2, -0.15) is 0 Å². The third kappa shape index (κ3) is 4.29. The first-order valence-corrected chi connectivity index (χ1v) is 9.23. The molecule has 3 aromatic carbocycles. The molecule has 0 radical (unpaired) electrons. The van der Waals surface area contributed by atoms with Crippen LogP contribution in [-0.4, -0.2) is 17.8 Å². The van der Waals surface area contributed by atoms with Crippen molar-refractivity contribution in [1.82, 2.24) is 0 Å². The molecule has 0 bridgehead atoms. The maximum absolute atomic E-state index is 13.9. The highest BCUT2D eigenvalue weighted by atomic mass is 35.5. The van der Waals surface area contributed by atoms with E-state index < -0.39 is 17.8 Å². The fourth-order valence-corrected chi connectivity index (χ4v) is 2.83. The minimum absolute atomic E-state index is 0.0409. The molecule has 30 heavy (non-hydrogen) atoms. The fourth-order valence-electron chi connectivity index (χ4n) is 2.70. The Labute approximate surface area is 176 Å². The first kappa shape index (κ1) is 19.5. The summed E-state index contributed by atoms with van der Waals surface area (Å²) in [7, 11) is 0. The molecule has 0 fully saturated rings. The highest BCUT2D eigenvalue weighted by molar-refractivity contribution is 6.30. The van der Waals surface area contributed by atoms with E-state index in [1.807, 2.05) is 0 Å². The van der Waals surface area contributed by atoms with Crippen LogP contribution in [0.1, 0.15) is 21.5 Å². The number of benzene rings is 3. The van der Waals surface area contributed by atoms with Crippen LogP contribution in [0.2, 0.25) is 5.02 Å². The van der Waals surface area contributed by atoms with Gasteiger partial charge in [0.05, 0.1) is 11.1 Å². The van der Waals surface area contributed by atoms with Crippen LogP contribution in [0, 0.1) is 5.82 Å². The van der Waals surface area contributed by atoms with Crippen molar-refractivity contribution in [2.75, 3.05) is 0 Å². The summed E-state index contributed by atoms with van der Waals surface area (Å²) in [6.45, 7) is 0. The Morgan fingerprint density at radius 3 is 2.40 bits per heavy atom. The zero-order valence-electron chi connectivity index (χ0n) is 15.3. The van der Waals surface area contributed by atoms with Crippen LogP contribution in [0.15, 0.2) is 83.5 Å². The van der Waals surface area contributed by atoms with Gasteiger partial charge in [-0.25, -0.2) is 19.0 Å². The molecule has 0 unspecified atom stereocenters. The van der Waals surface area contributed by atoms with Gasteiger partial charge < -0.3 is 9.47 Å². The number of cyclic esters (lactones) is 1. The van der Waals surface area contributed by atoms with E-state index in [1.165, 1.54) is 24.3 Å². The summed E-state index contributed by atoms with van der Waals surface area (Å²) in [5, 5.41) is 0.523. The summed E-state index contributed by atoms with van der Waals surface area (Å²) in [6.07, 6.45) is 1.50. The van der Waals surface area contributed by atoms with Crippen LogP contribution in [0.3, 0.4) is 0 Å². The Balaban J connectivity index is 1.49. The molecule has 4 rings (SSSR count). The molecule has 1 aliphatic rings. The van der Waals surface area contributed by atoms with Gasteiger partial charge in [-0.1, -0.05) is 35.9 Å². The summed E-state index contributed by atoms with van der Waals surface area (Å²) in [5.41, 5.74) is 1.15. The number of carbonyl (C=O) groups is 2. The van der Waals surface area contributed by atoms with Crippen molar-refractivity contribution in [3.05, 3.63) is 106 Å². The van der Waals surface area contributed by atoms with E-state index in [-0.39, 0.29) is 17.2 Å². The van der Waals surface area contributed by atoms with Crippen LogP contribution in [0.4, 0.5) is 4.39 Å². The molecule has 0 atom stereocenters. The molecule has 0 N–H and O–H groups in total. The summed E-state index contributed by atoms with van der Waals surface area (Å²) >= 11 is 5.81. The van der Waals surface area contributed by atoms with Crippen molar-refractivity contribution in [1.29, 1.82) is 0 Å². The van der Waals surface area contributed by atoms with Crippen LogP contribution in [-0.2, 0) is 9.53 Å². The fraction of sp³-hybridized carbons (Fsp3) is 0. The van der Waals surface area contributed by atoms with Gasteiger partial charge in [0.25, 0.3) is 0 Å². The minimum atomic E-state index is -0.675. The molecule has 1 heterocycles. The van der Waals surface area contributed by atoms with E-state index >= 15 is 0 Å². The molecule has 0 amide bonds. The summed E-state index contributed by atoms with van der Waals surface area (Å²) in [6, 6.07) is 18.7. The quantitative estimate of drug-likeness (QED) is 0.336. The van der Waals surface area contributed by atoms with Crippen molar-refractivity contribution in [2.45, 2.75) is 0 Å². The Kier molecular flexibility index (Phi) is 5.41. The minimum Gasteiger partial charge on any atom is -0.423 e. The number of ether oxygens (including phenoxy) is 2. The Bertz CT molecular complexity index is 1180. The molecule has 0 aromatic heterocycles. The number of nitrogens with zero attached hydrogens (tertiary/aromatic N) is 1. The van der Waals surface area contributed by atoms with Gasteiger partial charge in [0.15, 0.2) is 5.70 Å². The molecule has 0 saturated heterocycles. The number of esters is 2. The van der Waals surface area contributed by atoms with Gasteiger partial charge in [-0.3, -0.25) is 0 Å². The van der Waals surface area contributed by atoms with Crippen LogP contribution >= 0.6 is 11.6 Å². The first-order valence-electron chi connectivity index (χ1n) is 8.85. The standard InChI is InChI=1S/C23H13ClFNO4/c24-16-9-7-15(8-10-16)22(27)29-17-11-5-14(6-12-17)13-20-23(28)30-21(26-20)18-3-1-2-4-19(18)25/h1-13H/b20-13-. The molecule has 7 heteroatoms. The molecule has 0 aliphatic carbocycles. The molecule has 0 saturated carbocycles. The van der Waals surface area contributed by atoms with Crippen LogP contribution in [0.5, 0.6) is 5.75 Å². The lowest BCUT2D eigenvalue weighted by molar-refractivity contribution is -0.129. The predicted octanol–water partition coefficient (Wildman–Crippen LogP) is 5.04. The van der Waals surface area contributed by atoms with Crippen molar-refractivity contribution in [3.8, 4) is 5.75 Å². The lowest BCUT2D eigenvalue weighted by Gasteiger charge is -2.05. The number of halogens is 2. The van der Waals surface area contributed by atoms with Gasteiger partial charge in [0.1, 0.15) is 11.6 Å². The number of hydrogen-bond donors (Lipinski definition) is 0. The normalized spacial score (nSPS) is 14.4. The highest BCUT2D eigenvalue weighted by Crippen LogP contribution is 2.22. The lowest BCUT2D eigenvalue weighted by Crippen LogP contribution is -2.08. The monoisotopic (exact) mass is 421 g/mol. The molecule has 148 valence electrons. The van der Waals surface area contributed by atoms with E-state index in [2.05, 4.69) is 4.99 Å². The second kappa shape index (κ2) is 8.31. The Hall–Kier alpha value is -3.77. The molecular formula is C23H13ClFNO4. The van der Waals surface area contributed by atoms with Gasteiger partial charge in [-0.15, -0.1) is 0 Å². The molecule has 5 nitrogen and oxygen atoms in total. The largest absolute Gasteiger partial charge is 0.423 e.